The molecule has 1 amide bonds. The predicted octanol–water partition coefficient (Wildman–Crippen LogP) is 3.67. The number of aliphatic hydroxyl groups is 1. The van der Waals surface area contributed by atoms with Crippen LogP contribution in [0, 0.1) is 0 Å². The number of rotatable bonds is 4. The molecule has 3 heterocycles. The van der Waals surface area contributed by atoms with E-state index in [9.17, 15) is 14.7 Å². The molecule has 0 saturated carbocycles. The van der Waals surface area contributed by atoms with Crippen LogP contribution in [0.3, 0.4) is 0 Å². The molecule has 0 spiro atoms. The molecule has 0 bridgehead atoms. The fourth-order valence-corrected chi connectivity index (χ4v) is 4.39. The van der Waals surface area contributed by atoms with Gasteiger partial charge in [-0.05, 0) is 48.7 Å². The Labute approximate surface area is 183 Å². The van der Waals surface area contributed by atoms with E-state index in [2.05, 4.69) is 0 Å². The number of benzene rings is 2. The van der Waals surface area contributed by atoms with Gasteiger partial charge in [0.2, 0.25) is 6.79 Å². The van der Waals surface area contributed by atoms with Crippen molar-refractivity contribution in [3.05, 3.63) is 64.2 Å². The number of fused-ring (bicyclic) bond motifs is 1. The summed E-state index contributed by atoms with van der Waals surface area (Å²) in [7, 11) is 0. The summed E-state index contributed by atoms with van der Waals surface area (Å²) in [6.07, 6.45) is 1.59. The van der Waals surface area contributed by atoms with Crippen molar-refractivity contribution in [1.82, 2.24) is 4.90 Å². The summed E-state index contributed by atoms with van der Waals surface area (Å²) in [5, 5.41) is 11.7. The first-order valence-electron chi connectivity index (χ1n) is 10.1. The SMILES string of the molecule is O=C1C(=O)N(CC2CCCO2)C(c2ccc(Cl)cc2)/C1=C(/O)c1ccc2c(c1)OCO2. The Bertz CT molecular complexity index is 1070. The Morgan fingerprint density at radius 2 is 1.87 bits per heavy atom. The van der Waals surface area contributed by atoms with Crippen molar-refractivity contribution in [2.45, 2.75) is 25.0 Å². The third-order valence-corrected chi connectivity index (χ3v) is 6.05. The molecule has 160 valence electrons. The van der Waals surface area contributed by atoms with E-state index in [1.165, 1.54) is 4.90 Å². The van der Waals surface area contributed by atoms with E-state index in [0.29, 0.717) is 34.3 Å². The Morgan fingerprint density at radius 3 is 2.61 bits per heavy atom. The van der Waals surface area contributed by atoms with Crippen LogP contribution in [0.1, 0.15) is 30.0 Å². The molecule has 31 heavy (non-hydrogen) atoms. The van der Waals surface area contributed by atoms with Crippen LogP contribution >= 0.6 is 11.6 Å². The van der Waals surface area contributed by atoms with Crippen molar-refractivity contribution in [3.8, 4) is 11.5 Å². The molecule has 2 unspecified atom stereocenters. The largest absolute Gasteiger partial charge is 0.507 e. The smallest absolute Gasteiger partial charge is 0.295 e. The minimum atomic E-state index is -0.744. The van der Waals surface area contributed by atoms with Gasteiger partial charge in [0.05, 0.1) is 17.7 Å². The van der Waals surface area contributed by atoms with Crippen LogP contribution in [-0.2, 0) is 14.3 Å². The standard InChI is InChI=1S/C23H20ClNO6/c24-15-6-3-13(4-7-15)20-19(21(26)14-5-8-17-18(10-14)31-12-30-17)22(27)23(28)25(20)11-16-2-1-9-29-16/h3-8,10,16,20,26H,1-2,9,11-12H2/b21-19-. The minimum Gasteiger partial charge on any atom is -0.507 e. The van der Waals surface area contributed by atoms with Crippen LogP contribution in [0.25, 0.3) is 5.76 Å². The molecule has 2 aromatic carbocycles. The summed E-state index contributed by atoms with van der Waals surface area (Å²) in [6.45, 7) is 1.00. The van der Waals surface area contributed by atoms with Crippen molar-refractivity contribution in [1.29, 1.82) is 0 Å². The summed E-state index contributed by atoms with van der Waals surface area (Å²) >= 11 is 6.04. The highest BCUT2D eigenvalue weighted by Crippen LogP contribution is 2.42. The van der Waals surface area contributed by atoms with Crippen LogP contribution < -0.4 is 9.47 Å². The van der Waals surface area contributed by atoms with E-state index in [1.807, 2.05) is 0 Å². The van der Waals surface area contributed by atoms with Gasteiger partial charge in [-0.3, -0.25) is 9.59 Å². The summed E-state index contributed by atoms with van der Waals surface area (Å²) in [5.41, 5.74) is 1.09. The number of hydrogen-bond acceptors (Lipinski definition) is 6. The maximum absolute atomic E-state index is 13.1. The molecule has 2 fully saturated rings. The molecule has 1 N–H and O–H groups in total. The molecule has 2 saturated heterocycles. The van der Waals surface area contributed by atoms with Gasteiger partial charge in [-0.15, -0.1) is 0 Å². The van der Waals surface area contributed by atoms with Crippen LogP contribution in [-0.4, -0.2) is 47.7 Å². The Balaban J connectivity index is 1.60. The van der Waals surface area contributed by atoms with E-state index < -0.39 is 17.7 Å². The van der Waals surface area contributed by atoms with Crippen molar-refractivity contribution >= 4 is 29.1 Å². The monoisotopic (exact) mass is 441 g/mol. The molecule has 2 atom stereocenters. The van der Waals surface area contributed by atoms with Crippen LogP contribution in [0.4, 0.5) is 0 Å². The number of amides is 1. The fourth-order valence-electron chi connectivity index (χ4n) is 4.27. The molecule has 0 aliphatic carbocycles. The number of aliphatic hydroxyl groups excluding tert-OH is 1. The Kier molecular flexibility index (Phi) is 5.08. The lowest BCUT2D eigenvalue weighted by Crippen LogP contribution is -2.36. The average Bonchev–Trinajstić information content (AvgIpc) is 3.51. The normalized spacial score (nSPS) is 24.2. The number of ketones is 1. The lowest BCUT2D eigenvalue weighted by molar-refractivity contribution is -0.140. The Hall–Kier alpha value is -3.03. The highest BCUT2D eigenvalue weighted by Gasteiger charge is 2.47. The van der Waals surface area contributed by atoms with Gasteiger partial charge in [-0.2, -0.15) is 0 Å². The number of carbonyl (C=O) groups excluding carboxylic acids is 2. The van der Waals surface area contributed by atoms with Gasteiger partial charge in [0.1, 0.15) is 5.76 Å². The van der Waals surface area contributed by atoms with Gasteiger partial charge in [0, 0.05) is 23.7 Å². The predicted molar refractivity (Wildman–Crippen MR) is 112 cm³/mol. The number of Topliss-reactive ketones (excluding diaryl/α,β-unsaturated/α-hetero) is 1. The fraction of sp³-hybridized carbons (Fsp3) is 0.304. The topological polar surface area (TPSA) is 85.3 Å². The van der Waals surface area contributed by atoms with E-state index >= 15 is 0 Å². The van der Waals surface area contributed by atoms with Crippen molar-refractivity contribution < 1.29 is 28.9 Å². The molecule has 3 aliphatic heterocycles. The van der Waals surface area contributed by atoms with Crippen LogP contribution in [0.5, 0.6) is 11.5 Å². The number of ether oxygens (including phenoxy) is 3. The van der Waals surface area contributed by atoms with E-state index in [0.717, 1.165) is 12.8 Å². The highest BCUT2D eigenvalue weighted by atomic mass is 35.5. The first-order valence-corrected chi connectivity index (χ1v) is 10.5. The van der Waals surface area contributed by atoms with E-state index in [1.54, 1.807) is 42.5 Å². The summed E-state index contributed by atoms with van der Waals surface area (Å²) < 4.78 is 16.4. The Morgan fingerprint density at radius 1 is 1.10 bits per heavy atom. The van der Waals surface area contributed by atoms with Crippen LogP contribution in [0.2, 0.25) is 5.02 Å². The highest BCUT2D eigenvalue weighted by molar-refractivity contribution is 6.46. The zero-order valence-corrected chi connectivity index (χ0v) is 17.3. The zero-order chi connectivity index (χ0) is 21.5. The number of carbonyl (C=O) groups is 2. The molecule has 2 aromatic rings. The van der Waals surface area contributed by atoms with E-state index in [4.69, 9.17) is 25.8 Å². The third-order valence-electron chi connectivity index (χ3n) is 5.80. The quantitative estimate of drug-likeness (QED) is 0.442. The van der Waals surface area contributed by atoms with Gasteiger partial charge >= 0.3 is 0 Å². The molecule has 7 nitrogen and oxygen atoms in total. The molecular weight excluding hydrogens is 422 g/mol. The summed E-state index contributed by atoms with van der Waals surface area (Å²) in [5.74, 6) is -0.609. The molecule has 5 rings (SSSR count). The number of halogens is 1. The first kappa shape index (κ1) is 19.9. The number of hydrogen-bond donors (Lipinski definition) is 1. The zero-order valence-electron chi connectivity index (χ0n) is 16.5. The first-order chi connectivity index (χ1) is 15.0. The van der Waals surface area contributed by atoms with Crippen LogP contribution in [0.15, 0.2) is 48.0 Å². The second-order valence-electron chi connectivity index (χ2n) is 7.71. The number of likely N-dealkylation sites (tertiary alicyclic amines) is 1. The lowest BCUT2D eigenvalue weighted by Gasteiger charge is -2.27. The second-order valence-corrected chi connectivity index (χ2v) is 8.14. The second kappa shape index (κ2) is 7.90. The average molecular weight is 442 g/mol. The van der Waals surface area contributed by atoms with E-state index in [-0.39, 0.29) is 30.8 Å². The molecule has 3 aliphatic rings. The van der Waals surface area contributed by atoms with Gasteiger partial charge in [-0.1, -0.05) is 23.7 Å². The van der Waals surface area contributed by atoms with Gasteiger partial charge in [-0.25, -0.2) is 0 Å². The maximum atomic E-state index is 13.1. The lowest BCUT2D eigenvalue weighted by atomic mass is 9.95. The van der Waals surface area contributed by atoms with Crippen molar-refractivity contribution in [2.24, 2.45) is 0 Å². The third kappa shape index (κ3) is 3.54. The molecular formula is C23H20ClNO6. The van der Waals surface area contributed by atoms with Gasteiger partial charge < -0.3 is 24.2 Å². The molecule has 8 heteroatoms. The number of nitrogens with zero attached hydrogens (tertiary/aromatic N) is 1. The molecule has 0 aromatic heterocycles. The molecule has 0 radical (unpaired) electrons. The van der Waals surface area contributed by atoms with Crippen molar-refractivity contribution in [2.75, 3.05) is 19.9 Å². The van der Waals surface area contributed by atoms with Gasteiger partial charge in [0.25, 0.3) is 11.7 Å². The summed E-state index contributed by atoms with van der Waals surface area (Å²) in [4.78, 5) is 27.5. The minimum absolute atomic E-state index is 0.0317. The maximum Gasteiger partial charge on any atom is 0.295 e. The summed E-state index contributed by atoms with van der Waals surface area (Å²) in [6, 6.07) is 11.1. The van der Waals surface area contributed by atoms with Gasteiger partial charge in [0.15, 0.2) is 11.5 Å². The van der Waals surface area contributed by atoms with Crippen molar-refractivity contribution in [3.63, 3.8) is 0 Å².